The van der Waals surface area contributed by atoms with Gasteiger partial charge in [0.15, 0.2) is 0 Å². The van der Waals surface area contributed by atoms with E-state index in [4.69, 9.17) is 4.74 Å². The molecule has 0 bridgehead atoms. The number of ketones is 1. The first-order valence-electron chi connectivity index (χ1n) is 8.99. The van der Waals surface area contributed by atoms with E-state index in [2.05, 4.69) is 6.92 Å². The molecule has 0 aromatic heterocycles. The van der Waals surface area contributed by atoms with E-state index in [0.29, 0.717) is 24.4 Å². The van der Waals surface area contributed by atoms with E-state index in [-0.39, 0.29) is 6.61 Å². The van der Waals surface area contributed by atoms with Crippen molar-refractivity contribution < 1.29 is 14.6 Å². The molecule has 1 aromatic carbocycles. The van der Waals surface area contributed by atoms with Crippen LogP contribution in [-0.2, 0) is 17.8 Å². The number of aryl methyl sites for hydroxylation is 1. The number of aliphatic hydroxyl groups excluding tert-OH is 1. The molecule has 0 fully saturated rings. The Morgan fingerprint density at radius 1 is 1.04 bits per heavy atom. The second-order valence-electron chi connectivity index (χ2n) is 6.21. The molecule has 0 atom stereocenters. The fourth-order valence-electron chi connectivity index (χ4n) is 2.76. The minimum Gasteiger partial charge on any atom is -0.496 e. The molecular formula is C20H32O3. The van der Waals surface area contributed by atoms with Crippen LogP contribution in [0, 0.1) is 0 Å². The van der Waals surface area contributed by atoms with Crippen molar-refractivity contribution in [2.24, 2.45) is 0 Å². The van der Waals surface area contributed by atoms with Gasteiger partial charge in [0.25, 0.3) is 0 Å². The Morgan fingerprint density at radius 2 is 1.74 bits per heavy atom. The molecule has 130 valence electrons. The number of carbonyl (C=O) groups is 1. The van der Waals surface area contributed by atoms with Gasteiger partial charge in [-0.05, 0) is 24.5 Å². The highest BCUT2D eigenvalue weighted by atomic mass is 16.5. The van der Waals surface area contributed by atoms with E-state index in [1.165, 1.54) is 38.5 Å². The van der Waals surface area contributed by atoms with E-state index in [1.54, 1.807) is 7.11 Å². The topological polar surface area (TPSA) is 46.5 Å². The molecule has 23 heavy (non-hydrogen) atoms. The van der Waals surface area contributed by atoms with Gasteiger partial charge in [-0.2, -0.15) is 0 Å². The molecular weight excluding hydrogens is 288 g/mol. The van der Waals surface area contributed by atoms with Crippen molar-refractivity contribution >= 4 is 5.78 Å². The fraction of sp³-hybridized carbons (Fsp3) is 0.650. The molecule has 0 saturated heterocycles. The van der Waals surface area contributed by atoms with Crippen molar-refractivity contribution in [3.8, 4) is 5.75 Å². The maximum Gasteiger partial charge on any atom is 0.133 e. The molecule has 1 N–H and O–H groups in total. The first-order valence-corrected chi connectivity index (χ1v) is 8.99. The average Bonchev–Trinajstić information content (AvgIpc) is 2.58. The predicted octanol–water partition coefficient (Wildman–Crippen LogP) is 4.83. The highest BCUT2D eigenvalue weighted by molar-refractivity contribution is 5.78. The fourth-order valence-corrected chi connectivity index (χ4v) is 2.76. The summed E-state index contributed by atoms with van der Waals surface area (Å²) in [5.74, 6) is 1.05. The summed E-state index contributed by atoms with van der Waals surface area (Å²) in [6.45, 7) is 2.20. The number of benzene rings is 1. The zero-order valence-electron chi connectivity index (χ0n) is 14.8. The second-order valence-corrected chi connectivity index (χ2v) is 6.21. The van der Waals surface area contributed by atoms with Crippen molar-refractivity contribution in [3.63, 3.8) is 0 Å². The van der Waals surface area contributed by atoms with Crippen molar-refractivity contribution in [1.82, 2.24) is 0 Å². The van der Waals surface area contributed by atoms with E-state index >= 15 is 0 Å². The lowest BCUT2D eigenvalue weighted by Gasteiger charge is -2.09. The number of carbonyl (C=O) groups excluding carboxylic acids is 1. The molecule has 3 nitrogen and oxygen atoms in total. The van der Waals surface area contributed by atoms with Crippen molar-refractivity contribution in [3.05, 3.63) is 29.3 Å². The second kappa shape index (κ2) is 12.1. The number of unbranched alkanes of at least 4 members (excludes halogenated alkanes) is 6. The number of Topliss-reactive ketones (excluding diaryl/α,β-unsaturated/α-hetero) is 1. The minimum absolute atomic E-state index is 0.0271. The van der Waals surface area contributed by atoms with E-state index in [9.17, 15) is 9.90 Å². The summed E-state index contributed by atoms with van der Waals surface area (Å²) in [5, 5.41) is 9.21. The Kier molecular flexibility index (Phi) is 10.4. The number of hydrogen-bond donors (Lipinski definition) is 1. The van der Waals surface area contributed by atoms with Gasteiger partial charge in [-0.25, -0.2) is 0 Å². The quantitative estimate of drug-likeness (QED) is 0.529. The molecule has 0 radical (unpaired) electrons. The summed E-state index contributed by atoms with van der Waals surface area (Å²) < 4.78 is 5.26. The zero-order chi connectivity index (χ0) is 16.9. The van der Waals surface area contributed by atoms with Gasteiger partial charge in [-0.1, -0.05) is 57.6 Å². The maximum atomic E-state index is 12.0. The summed E-state index contributed by atoms with van der Waals surface area (Å²) in [5.41, 5.74) is 1.87. The molecule has 0 spiro atoms. The average molecular weight is 320 g/mol. The Hall–Kier alpha value is -1.35. The van der Waals surface area contributed by atoms with Crippen LogP contribution < -0.4 is 4.74 Å². The van der Waals surface area contributed by atoms with E-state index < -0.39 is 0 Å². The summed E-state index contributed by atoms with van der Waals surface area (Å²) >= 11 is 0. The molecule has 3 heteroatoms. The van der Waals surface area contributed by atoms with Crippen LogP contribution in [0.5, 0.6) is 5.75 Å². The minimum atomic E-state index is -0.0271. The molecule has 0 aliphatic rings. The van der Waals surface area contributed by atoms with Crippen LogP contribution in [0.15, 0.2) is 18.2 Å². The van der Waals surface area contributed by atoms with Crippen LogP contribution in [0.1, 0.15) is 75.8 Å². The highest BCUT2D eigenvalue weighted by Crippen LogP contribution is 2.21. The van der Waals surface area contributed by atoms with Crippen LogP contribution >= 0.6 is 0 Å². The summed E-state index contributed by atoms with van der Waals surface area (Å²) in [6, 6.07) is 5.76. The largest absolute Gasteiger partial charge is 0.496 e. The van der Waals surface area contributed by atoms with Gasteiger partial charge in [0.1, 0.15) is 11.5 Å². The van der Waals surface area contributed by atoms with Crippen LogP contribution in [0.4, 0.5) is 0 Å². The maximum absolute atomic E-state index is 12.0. The normalized spacial score (nSPS) is 10.7. The van der Waals surface area contributed by atoms with Crippen LogP contribution in [0.25, 0.3) is 0 Å². The van der Waals surface area contributed by atoms with Crippen LogP contribution in [-0.4, -0.2) is 18.0 Å². The first kappa shape index (κ1) is 19.7. The molecule has 1 rings (SSSR count). The van der Waals surface area contributed by atoms with Crippen molar-refractivity contribution in [1.29, 1.82) is 0 Å². The van der Waals surface area contributed by atoms with Gasteiger partial charge in [-0.15, -0.1) is 0 Å². The van der Waals surface area contributed by atoms with Gasteiger partial charge in [-0.3, -0.25) is 4.79 Å². The summed E-state index contributed by atoms with van der Waals surface area (Å²) in [4.78, 5) is 12.0. The lowest BCUT2D eigenvalue weighted by Crippen LogP contribution is -2.01. The van der Waals surface area contributed by atoms with Crippen molar-refractivity contribution in [2.45, 2.75) is 77.7 Å². The smallest absolute Gasteiger partial charge is 0.133 e. The molecule has 0 aliphatic heterocycles. The highest BCUT2D eigenvalue weighted by Gasteiger charge is 2.06. The molecule has 0 heterocycles. The first-order chi connectivity index (χ1) is 11.2. The number of aliphatic hydroxyl groups is 1. The standard InChI is InChI=1S/C20H32O3/c1-3-4-5-6-7-8-9-10-19(22)14-12-17-11-13-18(16-21)20(15-17)23-2/h11,13,15,21H,3-10,12,14,16H2,1-2H3. The van der Waals surface area contributed by atoms with Crippen molar-refractivity contribution in [2.75, 3.05) is 7.11 Å². The summed E-state index contributed by atoms with van der Waals surface area (Å²) in [7, 11) is 1.60. The van der Waals surface area contributed by atoms with Gasteiger partial charge in [0.05, 0.1) is 13.7 Å². The molecule has 0 aliphatic carbocycles. The third-order valence-electron chi connectivity index (χ3n) is 4.27. The van der Waals surface area contributed by atoms with Gasteiger partial charge in [0.2, 0.25) is 0 Å². The van der Waals surface area contributed by atoms with E-state index in [1.807, 2.05) is 18.2 Å². The van der Waals surface area contributed by atoms with Crippen LogP contribution in [0.3, 0.4) is 0 Å². The monoisotopic (exact) mass is 320 g/mol. The third-order valence-corrected chi connectivity index (χ3v) is 4.27. The number of rotatable bonds is 13. The SMILES string of the molecule is CCCCCCCCCC(=O)CCc1ccc(CO)c(OC)c1. The van der Waals surface area contributed by atoms with E-state index in [0.717, 1.165) is 24.0 Å². The van der Waals surface area contributed by atoms with Crippen LogP contribution in [0.2, 0.25) is 0 Å². The zero-order valence-corrected chi connectivity index (χ0v) is 14.8. The molecule has 1 aromatic rings. The third kappa shape index (κ3) is 8.17. The molecule has 0 unspecified atom stereocenters. The summed E-state index contributed by atoms with van der Waals surface area (Å²) in [6.07, 6.45) is 10.8. The number of hydrogen-bond acceptors (Lipinski definition) is 3. The number of ether oxygens (including phenoxy) is 1. The van der Waals surface area contributed by atoms with Gasteiger partial charge in [0, 0.05) is 18.4 Å². The lowest BCUT2D eigenvalue weighted by molar-refractivity contribution is -0.119. The Labute approximate surface area is 141 Å². The lowest BCUT2D eigenvalue weighted by atomic mass is 10.0. The Balaban J connectivity index is 2.20. The van der Waals surface area contributed by atoms with Gasteiger partial charge < -0.3 is 9.84 Å². The predicted molar refractivity (Wildman–Crippen MR) is 94.9 cm³/mol. The molecule has 0 saturated carbocycles. The molecule has 0 amide bonds. The number of methoxy groups -OCH3 is 1. The Morgan fingerprint density at radius 3 is 2.39 bits per heavy atom. The Bertz CT molecular complexity index is 454. The van der Waals surface area contributed by atoms with Gasteiger partial charge >= 0.3 is 0 Å².